The number of aromatic nitrogens is 1. The van der Waals surface area contributed by atoms with Crippen LogP contribution in [0.3, 0.4) is 0 Å². The molecule has 2 N–H and O–H groups in total. The Bertz CT molecular complexity index is 884. The van der Waals surface area contributed by atoms with E-state index >= 15 is 0 Å². The van der Waals surface area contributed by atoms with Crippen LogP contribution in [-0.4, -0.2) is 22.4 Å². The van der Waals surface area contributed by atoms with E-state index in [1.54, 1.807) is 18.2 Å². The van der Waals surface area contributed by atoms with E-state index in [0.717, 1.165) is 28.7 Å². The molecular formula is C20H22FN3S. The summed E-state index contributed by atoms with van der Waals surface area (Å²) in [4.78, 5) is 3.38. The molecule has 25 heavy (non-hydrogen) atoms. The summed E-state index contributed by atoms with van der Waals surface area (Å²) >= 11 is 1.72. The molecule has 0 aliphatic carbocycles. The summed E-state index contributed by atoms with van der Waals surface area (Å²) in [5.74, 6) is -0.193. The first-order valence-electron chi connectivity index (χ1n) is 8.73. The highest BCUT2D eigenvalue weighted by Gasteiger charge is 2.14. The lowest BCUT2D eigenvalue weighted by Crippen LogP contribution is -2.17. The van der Waals surface area contributed by atoms with Gasteiger partial charge in [0.05, 0.1) is 5.69 Å². The van der Waals surface area contributed by atoms with Crippen LogP contribution >= 0.6 is 12.1 Å². The molecule has 3 nitrogen and oxygen atoms in total. The van der Waals surface area contributed by atoms with Gasteiger partial charge in [-0.2, -0.15) is 0 Å². The number of benzene rings is 2. The first kappa shape index (κ1) is 16.6. The Labute approximate surface area is 151 Å². The second-order valence-electron chi connectivity index (χ2n) is 6.53. The minimum atomic E-state index is -0.193. The van der Waals surface area contributed by atoms with Gasteiger partial charge in [-0.25, -0.2) is 13.4 Å². The molecule has 2 aromatic carbocycles. The monoisotopic (exact) mass is 355 g/mol. The minimum Gasteiger partial charge on any atom is -0.354 e. The standard InChI is InChI=1S/C20H22FN3S/c1-14-17-12-15(13-22-25-24-10-4-5-11-24)8-9-19(17)23-20(14)16-6-2-3-7-18(16)21/h2-3,6-9,12,22-23H,4-5,10-11,13H2,1H3. The van der Waals surface area contributed by atoms with Gasteiger partial charge in [-0.15, -0.1) is 0 Å². The lowest BCUT2D eigenvalue weighted by Gasteiger charge is -2.13. The molecule has 1 saturated heterocycles. The number of hydrogen-bond acceptors (Lipinski definition) is 3. The number of rotatable bonds is 5. The Balaban J connectivity index is 1.56. The van der Waals surface area contributed by atoms with Crippen molar-refractivity contribution in [1.29, 1.82) is 0 Å². The van der Waals surface area contributed by atoms with Gasteiger partial charge in [0, 0.05) is 48.2 Å². The van der Waals surface area contributed by atoms with Crippen LogP contribution in [0.4, 0.5) is 4.39 Å². The fourth-order valence-electron chi connectivity index (χ4n) is 3.40. The zero-order chi connectivity index (χ0) is 17.2. The van der Waals surface area contributed by atoms with Gasteiger partial charge in [-0.1, -0.05) is 18.2 Å². The SMILES string of the molecule is Cc1c(-c2ccccc2F)[nH]c2ccc(CNSN3CCCC3)cc12. The quantitative estimate of drug-likeness (QED) is 0.629. The first-order chi connectivity index (χ1) is 12.2. The zero-order valence-electron chi connectivity index (χ0n) is 14.3. The summed E-state index contributed by atoms with van der Waals surface area (Å²) in [7, 11) is 0. The predicted octanol–water partition coefficient (Wildman–Crippen LogP) is 5.03. The molecule has 2 heterocycles. The summed E-state index contributed by atoms with van der Waals surface area (Å²) in [6.07, 6.45) is 2.59. The molecule has 0 saturated carbocycles. The van der Waals surface area contributed by atoms with E-state index in [1.807, 2.05) is 12.1 Å². The van der Waals surface area contributed by atoms with Crippen molar-refractivity contribution in [3.8, 4) is 11.3 Å². The second-order valence-corrected chi connectivity index (χ2v) is 7.52. The van der Waals surface area contributed by atoms with Crippen molar-refractivity contribution in [2.45, 2.75) is 26.3 Å². The maximum Gasteiger partial charge on any atom is 0.132 e. The molecule has 1 aromatic heterocycles. The van der Waals surface area contributed by atoms with Crippen molar-refractivity contribution in [2.24, 2.45) is 0 Å². The molecule has 130 valence electrons. The van der Waals surface area contributed by atoms with Gasteiger partial charge in [0.15, 0.2) is 0 Å². The minimum absolute atomic E-state index is 0.193. The van der Waals surface area contributed by atoms with E-state index in [-0.39, 0.29) is 5.82 Å². The molecule has 0 atom stereocenters. The smallest absolute Gasteiger partial charge is 0.132 e. The molecule has 0 spiro atoms. The molecule has 4 rings (SSSR count). The molecule has 5 heteroatoms. The summed E-state index contributed by atoms with van der Waals surface area (Å²) in [6, 6.07) is 13.3. The van der Waals surface area contributed by atoms with Crippen LogP contribution in [-0.2, 0) is 6.54 Å². The van der Waals surface area contributed by atoms with Gasteiger partial charge >= 0.3 is 0 Å². The second kappa shape index (κ2) is 7.20. The summed E-state index contributed by atoms with van der Waals surface area (Å²) in [5, 5.41) is 1.16. The molecule has 1 fully saturated rings. The number of halogens is 1. The normalized spacial score (nSPS) is 15.3. The number of nitrogens with zero attached hydrogens (tertiary/aromatic N) is 1. The Hall–Kier alpha value is -1.82. The molecule has 1 aliphatic heterocycles. The van der Waals surface area contributed by atoms with E-state index in [4.69, 9.17) is 0 Å². The molecular weight excluding hydrogens is 333 g/mol. The largest absolute Gasteiger partial charge is 0.354 e. The molecule has 0 bridgehead atoms. The van der Waals surface area contributed by atoms with Crippen molar-refractivity contribution in [2.75, 3.05) is 13.1 Å². The Morgan fingerprint density at radius 3 is 2.76 bits per heavy atom. The van der Waals surface area contributed by atoms with Crippen LogP contribution < -0.4 is 4.72 Å². The fourth-order valence-corrected chi connectivity index (χ4v) is 4.26. The van der Waals surface area contributed by atoms with E-state index in [1.165, 1.54) is 37.6 Å². The van der Waals surface area contributed by atoms with Crippen LogP contribution in [0, 0.1) is 12.7 Å². The molecule has 0 unspecified atom stereocenters. The number of H-pyrrole nitrogens is 1. The number of fused-ring (bicyclic) bond motifs is 1. The van der Waals surface area contributed by atoms with E-state index in [0.29, 0.717) is 5.56 Å². The average molecular weight is 355 g/mol. The summed E-state index contributed by atoms with van der Waals surface area (Å²) in [5.41, 5.74) is 4.87. The fraction of sp³-hybridized carbons (Fsp3) is 0.300. The first-order valence-corrected chi connectivity index (χ1v) is 9.50. The third kappa shape index (κ3) is 3.45. The summed E-state index contributed by atoms with van der Waals surface area (Å²) in [6.45, 7) is 5.20. The average Bonchev–Trinajstić information content (AvgIpc) is 3.24. The Morgan fingerprint density at radius 1 is 1.16 bits per heavy atom. The highest BCUT2D eigenvalue weighted by molar-refractivity contribution is 7.95. The third-order valence-corrected chi connectivity index (χ3v) is 5.70. The van der Waals surface area contributed by atoms with Gasteiger partial charge in [0.25, 0.3) is 0 Å². The Morgan fingerprint density at radius 2 is 1.96 bits per heavy atom. The van der Waals surface area contributed by atoms with Crippen LogP contribution in [0.5, 0.6) is 0 Å². The highest BCUT2D eigenvalue weighted by atomic mass is 32.2. The highest BCUT2D eigenvalue weighted by Crippen LogP contribution is 2.31. The number of aryl methyl sites for hydroxylation is 1. The van der Waals surface area contributed by atoms with Crippen LogP contribution in [0.1, 0.15) is 24.0 Å². The van der Waals surface area contributed by atoms with Crippen molar-refractivity contribution in [3.63, 3.8) is 0 Å². The third-order valence-electron chi connectivity index (χ3n) is 4.80. The predicted molar refractivity (Wildman–Crippen MR) is 104 cm³/mol. The van der Waals surface area contributed by atoms with Gasteiger partial charge in [0.1, 0.15) is 5.82 Å². The van der Waals surface area contributed by atoms with Crippen molar-refractivity contribution < 1.29 is 4.39 Å². The molecule has 0 amide bonds. The van der Waals surface area contributed by atoms with Gasteiger partial charge in [-0.3, -0.25) is 0 Å². The number of hydrogen-bond donors (Lipinski definition) is 2. The molecule has 3 aromatic rings. The van der Waals surface area contributed by atoms with Crippen molar-refractivity contribution in [3.05, 3.63) is 59.4 Å². The van der Waals surface area contributed by atoms with Gasteiger partial charge < -0.3 is 4.98 Å². The maximum absolute atomic E-state index is 14.1. The lowest BCUT2D eigenvalue weighted by molar-refractivity contribution is 0.580. The maximum atomic E-state index is 14.1. The van der Waals surface area contributed by atoms with E-state index < -0.39 is 0 Å². The van der Waals surface area contributed by atoms with Crippen LogP contribution in [0.2, 0.25) is 0 Å². The summed E-state index contributed by atoms with van der Waals surface area (Å²) < 4.78 is 20.0. The van der Waals surface area contributed by atoms with Crippen LogP contribution in [0.15, 0.2) is 42.5 Å². The zero-order valence-corrected chi connectivity index (χ0v) is 15.1. The van der Waals surface area contributed by atoms with Crippen molar-refractivity contribution in [1.82, 2.24) is 14.0 Å². The number of nitrogens with one attached hydrogen (secondary N) is 2. The van der Waals surface area contributed by atoms with Gasteiger partial charge in [-0.05, 0) is 55.2 Å². The van der Waals surface area contributed by atoms with E-state index in [2.05, 4.69) is 39.1 Å². The van der Waals surface area contributed by atoms with Crippen molar-refractivity contribution >= 4 is 23.0 Å². The number of aromatic amines is 1. The van der Waals surface area contributed by atoms with Crippen LogP contribution in [0.25, 0.3) is 22.2 Å². The van der Waals surface area contributed by atoms with E-state index in [9.17, 15) is 4.39 Å². The molecule has 0 radical (unpaired) electrons. The topological polar surface area (TPSA) is 31.1 Å². The molecule has 1 aliphatic rings. The lowest BCUT2D eigenvalue weighted by atomic mass is 10.0. The van der Waals surface area contributed by atoms with Gasteiger partial charge in [0.2, 0.25) is 0 Å². The Kier molecular flexibility index (Phi) is 4.79.